The fourth-order valence-corrected chi connectivity index (χ4v) is 4.02. The van der Waals surface area contributed by atoms with Gasteiger partial charge in [0.05, 0.1) is 17.9 Å². The van der Waals surface area contributed by atoms with Gasteiger partial charge in [0.2, 0.25) is 5.95 Å². The van der Waals surface area contributed by atoms with E-state index >= 15 is 0 Å². The highest BCUT2D eigenvalue weighted by atomic mass is 19.1. The summed E-state index contributed by atoms with van der Waals surface area (Å²) in [6.07, 6.45) is 1.45. The second-order valence-electron chi connectivity index (χ2n) is 7.92. The van der Waals surface area contributed by atoms with Gasteiger partial charge in [-0.05, 0) is 47.9 Å². The smallest absolute Gasteiger partial charge is 0.338 e. The van der Waals surface area contributed by atoms with Gasteiger partial charge in [-0.1, -0.05) is 54.6 Å². The minimum Gasteiger partial charge on any atom is -0.489 e. The third-order valence-corrected chi connectivity index (χ3v) is 5.67. The highest BCUT2D eigenvalue weighted by Crippen LogP contribution is 2.39. The Labute approximate surface area is 201 Å². The molecule has 35 heavy (non-hydrogen) atoms. The lowest BCUT2D eigenvalue weighted by Gasteiger charge is -2.29. The normalized spacial score (nSPS) is 14.7. The van der Waals surface area contributed by atoms with E-state index in [1.54, 1.807) is 23.7 Å². The second-order valence-corrected chi connectivity index (χ2v) is 7.92. The Hall–Kier alpha value is -4.46. The summed E-state index contributed by atoms with van der Waals surface area (Å²) in [4.78, 5) is 17.6. The minimum atomic E-state index is -0.547. The number of fused-ring (bicyclic) bond motifs is 1. The zero-order valence-electron chi connectivity index (χ0n) is 19.0. The molecule has 3 aromatic carbocycles. The van der Waals surface area contributed by atoms with Crippen molar-refractivity contribution in [1.82, 2.24) is 14.8 Å². The summed E-state index contributed by atoms with van der Waals surface area (Å²) in [6.45, 7) is 2.34. The number of hydrogen-bond acceptors (Lipinski definition) is 6. The van der Waals surface area contributed by atoms with Crippen LogP contribution in [0, 0.1) is 5.82 Å². The third-order valence-electron chi connectivity index (χ3n) is 5.67. The predicted molar refractivity (Wildman–Crippen MR) is 129 cm³/mol. The molecule has 0 aliphatic carbocycles. The van der Waals surface area contributed by atoms with Crippen LogP contribution in [0.25, 0.3) is 5.70 Å². The Morgan fingerprint density at radius 3 is 2.49 bits per heavy atom. The molecule has 0 saturated heterocycles. The number of esters is 1. The minimum absolute atomic E-state index is 0.248. The lowest BCUT2D eigenvalue weighted by atomic mass is 9.93. The first kappa shape index (κ1) is 22.3. The second kappa shape index (κ2) is 9.80. The topological polar surface area (TPSA) is 78.3 Å². The Morgan fingerprint density at radius 2 is 1.77 bits per heavy atom. The maximum absolute atomic E-state index is 13.2. The van der Waals surface area contributed by atoms with Crippen molar-refractivity contribution in [3.8, 4) is 5.75 Å². The van der Waals surface area contributed by atoms with Crippen LogP contribution in [-0.2, 0) is 16.1 Å². The molecule has 0 fully saturated rings. The van der Waals surface area contributed by atoms with Crippen molar-refractivity contribution in [1.29, 1.82) is 0 Å². The molecule has 8 heteroatoms. The van der Waals surface area contributed by atoms with Crippen LogP contribution in [-0.4, -0.2) is 27.3 Å². The summed E-state index contributed by atoms with van der Waals surface area (Å²) in [6, 6.07) is 22.7. The van der Waals surface area contributed by atoms with Gasteiger partial charge in [0, 0.05) is 0 Å². The molecule has 0 amide bonds. The van der Waals surface area contributed by atoms with Crippen molar-refractivity contribution in [2.45, 2.75) is 19.6 Å². The summed E-state index contributed by atoms with van der Waals surface area (Å²) >= 11 is 0. The Morgan fingerprint density at radius 1 is 1.03 bits per heavy atom. The van der Waals surface area contributed by atoms with Gasteiger partial charge in [-0.3, -0.25) is 0 Å². The molecule has 0 unspecified atom stereocenters. The number of halogens is 1. The van der Waals surface area contributed by atoms with E-state index < -0.39 is 12.0 Å². The first-order valence-corrected chi connectivity index (χ1v) is 11.2. The molecule has 0 saturated carbocycles. The molecular formula is C27H23FN4O3. The van der Waals surface area contributed by atoms with Crippen LogP contribution in [0.3, 0.4) is 0 Å². The van der Waals surface area contributed by atoms with Crippen molar-refractivity contribution >= 4 is 17.6 Å². The van der Waals surface area contributed by atoms with E-state index in [1.807, 2.05) is 54.6 Å². The molecule has 5 rings (SSSR count). The average Bonchev–Trinajstić information content (AvgIpc) is 3.37. The molecule has 1 aliphatic rings. The standard InChI is InChI=1S/C27H23FN4O3/c1-2-34-26(33)23-24(19-6-4-3-5-7-19)31-27-29-17-30-32(27)25(23)20-10-14-22(15-11-20)35-16-18-8-12-21(28)13-9-18/h3-15,17,25H,2,16H2,1H3,(H,29,30,31)/t25-/m1/s1. The number of nitrogens with one attached hydrogen (secondary N) is 1. The van der Waals surface area contributed by atoms with Crippen molar-refractivity contribution in [2.75, 3.05) is 11.9 Å². The first-order chi connectivity index (χ1) is 17.1. The number of rotatable bonds is 7. The molecule has 2 heterocycles. The van der Waals surface area contributed by atoms with Crippen LogP contribution >= 0.6 is 0 Å². The maximum Gasteiger partial charge on any atom is 0.338 e. The Bertz CT molecular complexity index is 1350. The first-order valence-electron chi connectivity index (χ1n) is 11.2. The number of anilines is 1. The zero-order valence-corrected chi connectivity index (χ0v) is 19.0. The Balaban J connectivity index is 1.50. The highest BCUT2D eigenvalue weighted by molar-refractivity contribution is 6.02. The summed E-state index contributed by atoms with van der Waals surface area (Å²) in [5, 5.41) is 7.63. The summed E-state index contributed by atoms with van der Waals surface area (Å²) in [7, 11) is 0. The highest BCUT2D eigenvalue weighted by Gasteiger charge is 2.36. The molecule has 1 aromatic heterocycles. The molecule has 1 N–H and O–H groups in total. The van der Waals surface area contributed by atoms with Gasteiger partial charge < -0.3 is 14.8 Å². The van der Waals surface area contributed by atoms with E-state index in [-0.39, 0.29) is 12.4 Å². The zero-order chi connectivity index (χ0) is 24.2. The lowest BCUT2D eigenvalue weighted by molar-refractivity contribution is -0.138. The molecule has 176 valence electrons. The molecular weight excluding hydrogens is 447 g/mol. The molecule has 1 aliphatic heterocycles. The number of ether oxygens (including phenoxy) is 2. The number of benzene rings is 3. The van der Waals surface area contributed by atoms with Gasteiger partial charge in [-0.25, -0.2) is 13.9 Å². The molecule has 7 nitrogen and oxygen atoms in total. The van der Waals surface area contributed by atoms with Gasteiger partial charge in [-0.15, -0.1) is 0 Å². The van der Waals surface area contributed by atoms with Crippen LogP contribution in [0.2, 0.25) is 0 Å². The lowest BCUT2D eigenvalue weighted by Crippen LogP contribution is -2.30. The number of hydrogen-bond donors (Lipinski definition) is 1. The van der Waals surface area contributed by atoms with Crippen LogP contribution in [0.15, 0.2) is 90.8 Å². The van der Waals surface area contributed by atoms with E-state index in [4.69, 9.17) is 9.47 Å². The van der Waals surface area contributed by atoms with E-state index in [0.29, 0.717) is 29.6 Å². The van der Waals surface area contributed by atoms with Crippen molar-refractivity contribution in [2.24, 2.45) is 0 Å². The molecule has 0 radical (unpaired) electrons. The summed E-state index contributed by atoms with van der Waals surface area (Å²) < 4.78 is 26.1. The fraction of sp³-hybridized carbons (Fsp3) is 0.148. The molecule has 0 spiro atoms. The third kappa shape index (κ3) is 4.63. The van der Waals surface area contributed by atoms with E-state index in [9.17, 15) is 9.18 Å². The maximum atomic E-state index is 13.2. The molecule has 0 bridgehead atoms. The Kier molecular flexibility index (Phi) is 6.26. The fourth-order valence-electron chi connectivity index (χ4n) is 4.02. The molecule has 4 aromatic rings. The number of carbonyl (C=O) groups excluding carboxylic acids is 1. The van der Waals surface area contributed by atoms with Crippen LogP contribution in [0.1, 0.15) is 29.7 Å². The number of carbonyl (C=O) groups is 1. The van der Waals surface area contributed by atoms with Crippen LogP contribution in [0.5, 0.6) is 5.75 Å². The quantitative estimate of drug-likeness (QED) is 0.384. The number of nitrogens with zero attached hydrogens (tertiary/aromatic N) is 3. The van der Waals surface area contributed by atoms with Crippen LogP contribution < -0.4 is 10.1 Å². The predicted octanol–water partition coefficient (Wildman–Crippen LogP) is 4.99. The van der Waals surface area contributed by atoms with Crippen molar-refractivity contribution in [3.05, 3.63) is 113 Å². The molecule has 1 atom stereocenters. The van der Waals surface area contributed by atoms with Crippen LogP contribution in [0.4, 0.5) is 10.3 Å². The van der Waals surface area contributed by atoms with Gasteiger partial charge in [-0.2, -0.15) is 10.1 Å². The van der Waals surface area contributed by atoms with Crippen molar-refractivity contribution < 1.29 is 18.7 Å². The summed E-state index contributed by atoms with van der Waals surface area (Å²) in [5.74, 6) is 0.462. The van der Waals surface area contributed by atoms with E-state index in [0.717, 1.165) is 16.7 Å². The van der Waals surface area contributed by atoms with Gasteiger partial charge >= 0.3 is 5.97 Å². The van der Waals surface area contributed by atoms with Crippen molar-refractivity contribution in [3.63, 3.8) is 0 Å². The number of aromatic nitrogens is 3. The van der Waals surface area contributed by atoms with E-state index in [1.165, 1.54) is 18.5 Å². The monoisotopic (exact) mass is 470 g/mol. The van der Waals surface area contributed by atoms with Gasteiger partial charge in [0.25, 0.3) is 0 Å². The average molecular weight is 471 g/mol. The SMILES string of the molecule is CCOC(=O)C1=C(c2ccccc2)Nc2ncnn2[C@@H]1c1ccc(OCc2ccc(F)cc2)cc1. The largest absolute Gasteiger partial charge is 0.489 e. The summed E-state index contributed by atoms with van der Waals surface area (Å²) in [5.41, 5.74) is 3.60. The van der Waals surface area contributed by atoms with Gasteiger partial charge in [0.1, 0.15) is 30.5 Å². The van der Waals surface area contributed by atoms with Gasteiger partial charge in [0.15, 0.2) is 0 Å². The van der Waals surface area contributed by atoms with E-state index in [2.05, 4.69) is 15.4 Å².